The van der Waals surface area contributed by atoms with Crippen LogP contribution in [-0.2, 0) is 6.18 Å². The first-order valence-electron chi connectivity index (χ1n) is 7.51. The topological polar surface area (TPSA) is 29.3 Å². The van der Waals surface area contributed by atoms with Crippen molar-refractivity contribution in [2.24, 2.45) is 5.10 Å². The first-order chi connectivity index (χ1) is 10.9. The number of aryl methyl sites for hydroxylation is 1. The van der Waals surface area contributed by atoms with Crippen LogP contribution in [0.1, 0.15) is 41.4 Å². The van der Waals surface area contributed by atoms with Crippen LogP contribution < -0.4 is 5.43 Å². The maximum absolute atomic E-state index is 12.9. The fraction of sp³-hybridized carbons (Fsp3) is 0.353. The Bertz CT molecular complexity index is 740. The van der Waals surface area contributed by atoms with Gasteiger partial charge in [0, 0.05) is 23.0 Å². The predicted octanol–water partition coefficient (Wildman–Crippen LogP) is 4.90. The standard InChI is InChI=1S/C17H18F3N3/c1-11-9-13(12(2)23(11)14-7-8-14)10-21-22-16-6-4-3-5-15(16)17(18,19)20/h3-6,9-10,14,22H,7-8H2,1-2H3/b21-10+. The quantitative estimate of drug-likeness (QED) is 0.629. The third kappa shape index (κ3) is 3.25. The van der Waals surface area contributed by atoms with E-state index in [4.69, 9.17) is 0 Å². The van der Waals surface area contributed by atoms with Gasteiger partial charge < -0.3 is 4.57 Å². The molecule has 1 aliphatic rings. The van der Waals surface area contributed by atoms with Gasteiger partial charge in [-0.25, -0.2) is 0 Å². The first-order valence-corrected chi connectivity index (χ1v) is 7.51. The van der Waals surface area contributed by atoms with Gasteiger partial charge in [-0.3, -0.25) is 5.43 Å². The lowest BCUT2D eigenvalue weighted by molar-refractivity contribution is -0.136. The molecular weight excluding hydrogens is 303 g/mol. The molecule has 1 heterocycles. The van der Waals surface area contributed by atoms with Crippen molar-refractivity contribution in [1.29, 1.82) is 0 Å². The van der Waals surface area contributed by atoms with Crippen LogP contribution in [0.15, 0.2) is 35.4 Å². The van der Waals surface area contributed by atoms with Gasteiger partial charge in [0.15, 0.2) is 0 Å². The number of anilines is 1. The highest BCUT2D eigenvalue weighted by Crippen LogP contribution is 2.38. The number of nitrogens with zero attached hydrogens (tertiary/aromatic N) is 2. The summed E-state index contributed by atoms with van der Waals surface area (Å²) in [5.41, 5.74) is 4.91. The third-order valence-corrected chi connectivity index (χ3v) is 4.06. The third-order valence-electron chi connectivity index (χ3n) is 4.06. The van der Waals surface area contributed by atoms with E-state index < -0.39 is 11.7 Å². The monoisotopic (exact) mass is 321 g/mol. The highest BCUT2D eigenvalue weighted by molar-refractivity contribution is 5.82. The molecule has 1 saturated carbocycles. The SMILES string of the molecule is Cc1cc(/C=N/Nc2ccccc2C(F)(F)F)c(C)n1C1CC1. The number of alkyl halides is 3. The summed E-state index contributed by atoms with van der Waals surface area (Å²) in [5, 5.41) is 3.99. The Morgan fingerprint density at radius 1 is 1.22 bits per heavy atom. The van der Waals surface area contributed by atoms with E-state index in [9.17, 15) is 13.2 Å². The van der Waals surface area contributed by atoms with Gasteiger partial charge in [0.25, 0.3) is 0 Å². The molecule has 23 heavy (non-hydrogen) atoms. The second-order valence-corrected chi connectivity index (χ2v) is 5.84. The number of hydrogen-bond donors (Lipinski definition) is 1. The lowest BCUT2D eigenvalue weighted by Crippen LogP contribution is -2.08. The summed E-state index contributed by atoms with van der Waals surface area (Å²) < 4.78 is 41.0. The zero-order valence-electron chi connectivity index (χ0n) is 13.0. The molecule has 0 unspecified atom stereocenters. The number of aromatic nitrogens is 1. The summed E-state index contributed by atoms with van der Waals surface area (Å²) in [7, 11) is 0. The molecule has 1 N–H and O–H groups in total. The molecule has 1 aromatic heterocycles. The summed E-state index contributed by atoms with van der Waals surface area (Å²) in [4.78, 5) is 0. The molecule has 1 aromatic carbocycles. The predicted molar refractivity (Wildman–Crippen MR) is 84.8 cm³/mol. The molecule has 2 aromatic rings. The van der Waals surface area contributed by atoms with Crippen molar-refractivity contribution in [3.05, 3.63) is 52.8 Å². The number of para-hydroxylation sites is 1. The first kappa shape index (κ1) is 15.6. The Hall–Kier alpha value is -2.24. The molecule has 1 aliphatic carbocycles. The minimum atomic E-state index is -4.40. The van der Waals surface area contributed by atoms with E-state index in [0.29, 0.717) is 6.04 Å². The van der Waals surface area contributed by atoms with E-state index in [1.165, 1.54) is 25.0 Å². The fourth-order valence-corrected chi connectivity index (χ4v) is 2.83. The molecule has 6 heteroatoms. The molecule has 122 valence electrons. The van der Waals surface area contributed by atoms with Gasteiger partial charge in [0.05, 0.1) is 17.5 Å². The van der Waals surface area contributed by atoms with Gasteiger partial charge in [0.1, 0.15) is 0 Å². The Morgan fingerprint density at radius 2 is 1.91 bits per heavy atom. The average molecular weight is 321 g/mol. The van der Waals surface area contributed by atoms with Crippen molar-refractivity contribution >= 4 is 11.9 Å². The minimum absolute atomic E-state index is 0.0488. The summed E-state index contributed by atoms with van der Waals surface area (Å²) in [6, 6.07) is 7.89. The molecule has 0 atom stereocenters. The fourth-order valence-electron chi connectivity index (χ4n) is 2.83. The Morgan fingerprint density at radius 3 is 2.57 bits per heavy atom. The molecule has 3 rings (SSSR count). The van der Waals surface area contributed by atoms with Crippen molar-refractivity contribution in [2.45, 2.75) is 38.9 Å². The molecule has 0 bridgehead atoms. The number of hydrazone groups is 1. The second kappa shape index (κ2) is 5.76. The largest absolute Gasteiger partial charge is 0.418 e. The van der Waals surface area contributed by atoms with Crippen LogP contribution in [0.2, 0.25) is 0 Å². The smallest absolute Gasteiger partial charge is 0.345 e. The Balaban J connectivity index is 1.79. The molecule has 0 amide bonds. The van der Waals surface area contributed by atoms with Gasteiger partial charge in [-0.2, -0.15) is 18.3 Å². The summed E-state index contributed by atoms with van der Waals surface area (Å²) in [5.74, 6) is 0. The van der Waals surface area contributed by atoms with Crippen molar-refractivity contribution in [1.82, 2.24) is 4.57 Å². The number of benzene rings is 1. The summed E-state index contributed by atoms with van der Waals surface area (Å²) in [6.45, 7) is 4.05. The summed E-state index contributed by atoms with van der Waals surface area (Å²) in [6.07, 6.45) is -0.455. The summed E-state index contributed by atoms with van der Waals surface area (Å²) >= 11 is 0. The van der Waals surface area contributed by atoms with Crippen LogP contribution in [0.3, 0.4) is 0 Å². The van der Waals surface area contributed by atoms with Gasteiger partial charge in [-0.15, -0.1) is 0 Å². The highest BCUT2D eigenvalue weighted by Gasteiger charge is 2.33. The van der Waals surface area contributed by atoms with E-state index >= 15 is 0 Å². The Labute approximate surface area is 132 Å². The van der Waals surface area contributed by atoms with Crippen LogP contribution in [-0.4, -0.2) is 10.8 Å². The molecule has 1 fully saturated rings. The highest BCUT2D eigenvalue weighted by atomic mass is 19.4. The van der Waals surface area contributed by atoms with Gasteiger partial charge in [-0.05, 0) is 44.9 Å². The molecule has 0 aliphatic heterocycles. The van der Waals surface area contributed by atoms with Gasteiger partial charge in [0.2, 0.25) is 0 Å². The second-order valence-electron chi connectivity index (χ2n) is 5.84. The van der Waals surface area contributed by atoms with Crippen molar-refractivity contribution in [3.63, 3.8) is 0 Å². The van der Waals surface area contributed by atoms with Gasteiger partial charge >= 0.3 is 6.18 Å². The number of hydrogen-bond acceptors (Lipinski definition) is 2. The number of rotatable bonds is 4. The van der Waals surface area contributed by atoms with Crippen LogP contribution >= 0.6 is 0 Å². The van der Waals surface area contributed by atoms with Crippen LogP contribution in [0.4, 0.5) is 18.9 Å². The minimum Gasteiger partial charge on any atom is -0.345 e. The van der Waals surface area contributed by atoms with Crippen molar-refractivity contribution < 1.29 is 13.2 Å². The maximum Gasteiger partial charge on any atom is 0.418 e. The van der Waals surface area contributed by atoms with Gasteiger partial charge in [-0.1, -0.05) is 12.1 Å². The number of halogens is 3. The average Bonchev–Trinajstić information content (AvgIpc) is 3.26. The Kier molecular flexibility index (Phi) is 3.92. The lowest BCUT2D eigenvalue weighted by atomic mass is 10.2. The zero-order chi connectivity index (χ0) is 16.6. The molecule has 0 radical (unpaired) electrons. The van der Waals surface area contributed by atoms with Crippen molar-refractivity contribution in [3.8, 4) is 0 Å². The number of nitrogens with one attached hydrogen (secondary N) is 1. The maximum atomic E-state index is 12.9. The molecule has 0 spiro atoms. The van der Waals surface area contributed by atoms with E-state index in [1.54, 1.807) is 12.3 Å². The van der Waals surface area contributed by atoms with Crippen LogP contribution in [0, 0.1) is 13.8 Å². The lowest BCUT2D eigenvalue weighted by Gasteiger charge is -2.11. The van der Waals surface area contributed by atoms with E-state index in [0.717, 1.165) is 23.0 Å². The van der Waals surface area contributed by atoms with E-state index in [1.807, 2.05) is 19.9 Å². The molecule has 0 saturated heterocycles. The van der Waals surface area contributed by atoms with E-state index in [-0.39, 0.29) is 5.69 Å². The van der Waals surface area contributed by atoms with Crippen LogP contribution in [0.5, 0.6) is 0 Å². The normalized spacial score (nSPS) is 15.3. The molecular formula is C17H18F3N3. The van der Waals surface area contributed by atoms with E-state index in [2.05, 4.69) is 15.1 Å². The molecule has 3 nitrogen and oxygen atoms in total. The zero-order valence-corrected chi connectivity index (χ0v) is 13.0. The van der Waals surface area contributed by atoms with Crippen molar-refractivity contribution in [2.75, 3.05) is 5.43 Å². The van der Waals surface area contributed by atoms with Crippen LogP contribution in [0.25, 0.3) is 0 Å².